The number of hydrogen-bond donors (Lipinski definition) is 3. The average Bonchev–Trinajstić information content (AvgIpc) is 3.01. The van der Waals surface area contributed by atoms with Crippen molar-refractivity contribution in [2.24, 2.45) is 23.0 Å². The summed E-state index contributed by atoms with van der Waals surface area (Å²) in [6, 6.07) is 14.7. The summed E-state index contributed by atoms with van der Waals surface area (Å²) in [4.78, 5) is 44.0. The maximum atomic E-state index is 14.3. The Hall–Kier alpha value is -2.90. The zero-order chi connectivity index (χ0) is 32.4. The van der Waals surface area contributed by atoms with Crippen molar-refractivity contribution in [3.63, 3.8) is 0 Å². The van der Waals surface area contributed by atoms with Gasteiger partial charge in [-0.2, -0.15) is 0 Å². The topological polar surface area (TPSA) is 105 Å². The molecule has 4 N–H and O–H groups in total. The van der Waals surface area contributed by atoms with E-state index in [-0.39, 0.29) is 23.3 Å². The summed E-state index contributed by atoms with van der Waals surface area (Å²) in [5.74, 6) is -0.317. The monoisotopic (exact) mass is 634 g/mol. The molecule has 1 heterocycles. The van der Waals surface area contributed by atoms with Crippen LogP contribution in [0.3, 0.4) is 0 Å². The van der Waals surface area contributed by atoms with E-state index in [2.05, 4.69) is 16.7 Å². The normalized spacial score (nSPS) is 24.3. The summed E-state index contributed by atoms with van der Waals surface area (Å²) in [6.07, 6.45) is 8.64. The number of piperidine rings is 1. The molecule has 1 unspecified atom stereocenters. The van der Waals surface area contributed by atoms with Gasteiger partial charge in [0.2, 0.25) is 17.7 Å². The summed E-state index contributed by atoms with van der Waals surface area (Å²) < 4.78 is 0. The van der Waals surface area contributed by atoms with Gasteiger partial charge < -0.3 is 21.3 Å². The van der Waals surface area contributed by atoms with E-state index in [9.17, 15) is 14.4 Å². The minimum atomic E-state index is -0.849. The fraction of sp³-hybridized carbons (Fsp3) is 0.595. The third-order valence-electron chi connectivity index (χ3n) is 10.6. The number of hydrogen-bond acceptors (Lipinski definition) is 4. The number of amides is 3. The molecule has 0 spiro atoms. The molecule has 0 radical (unpaired) electrons. The lowest BCUT2D eigenvalue weighted by Crippen LogP contribution is -2.60. The number of carbonyl (C=O) groups excluding carboxylic acids is 3. The first-order valence-corrected chi connectivity index (χ1v) is 17.2. The number of nitrogens with two attached hydrogens (primary N) is 1. The van der Waals surface area contributed by atoms with E-state index in [0.717, 1.165) is 43.2 Å². The Morgan fingerprint density at radius 1 is 0.978 bits per heavy atom. The summed E-state index contributed by atoms with van der Waals surface area (Å²) >= 11 is 6.16. The number of benzene rings is 2. The van der Waals surface area contributed by atoms with E-state index in [0.29, 0.717) is 49.7 Å². The molecule has 3 amide bonds. The predicted molar refractivity (Wildman–Crippen MR) is 180 cm³/mol. The van der Waals surface area contributed by atoms with E-state index < -0.39 is 22.9 Å². The molecule has 1 saturated heterocycles. The molecule has 2 aromatic rings. The first kappa shape index (κ1) is 33.5. The van der Waals surface area contributed by atoms with Gasteiger partial charge in [-0.3, -0.25) is 14.4 Å². The van der Waals surface area contributed by atoms with Gasteiger partial charge in [0.15, 0.2) is 0 Å². The van der Waals surface area contributed by atoms with E-state index >= 15 is 0 Å². The third kappa shape index (κ3) is 7.41. The highest BCUT2D eigenvalue weighted by Gasteiger charge is 2.49. The molecule has 3 aliphatic rings. The van der Waals surface area contributed by atoms with Gasteiger partial charge in [-0.05, 0) is 101 Å². The highest BCUT2D eigenvalue weighted by atomic mass is 35.5. The Bertz CT molecular complexity index is 1370. The SMILES string of the molecule is CC(C)(C)NC(=O)C1(C2CCCCC2)CCN(C(=O)[C@@H](Cc2ccc(Cl)cc2)NC(=O)C2CCc3ccccc3[C@]2(C)N)CC1. The van der Waals surface area contributed by atoms with Crippen molar-refractivity contribution in [1.82, 2.24) is 15.5 Å². The molecular weight excluding hydrogens is 584 g/mol. The third-order valence-corrected chi connectivity index (χ3v) is 10.9. The maximum Gasteiger partial charge on any atom is 0.245 e. The number of aryl methyl sites for hydroxylation is 1. The van der Waals surface area contributed by atoms with Gasteiger partial charge in [0, 0.05) is 30.1 Å². The van der Waals surface area contributed by atoms with Gasteiger partial charge in [0.25, 0.3) is 0 Å². The molecule has 244 valence electrons. The van der Waals surface area contributed by atoms with Crippen molar-refractivity contribution in [3.8, 4) is 0 Å². The molecule has 2 aromatic carbocycles. The Balaban J connectivity index is 1.35. The smallest absolute Gasteiger partial charge is 0.245 e. The second-order valence-corrected chi connectivity index (χ2v) is 15.4. The van der Waals surface area contributed by atoms with Crippen molar-refractivity contribution in [3.05, 3.63) is 70.2 Å². The maximum absolute atomic E-state index is 14.3. The molecular formula is C37H51ClN4O3. The number of likely N-dealkylation sites (tertiary alicyclic amines) is 1. The second kappa shape index (κ2) is 13.4. The molecule has 1 aliphatic heterocycles. The molecule has 0 bridgehead atoms. The summed E-state index contributed by atoms with van der Waals surface area (Å²) in [5, 5.41) is 7.05. The number of nitrogens with zero attached hydrogens (tertiary/aromatic N) is 1. The second-order valence-electron chi connectivity index (χ2n) is 14.9. The lowest BCUT2D eigenvalue weighted by atomic mass is 9.63. The van der Waals surface area contributed by atoms with Crippen molar-refractivity contribution in [2.75, 3.05) is 13.1 Å². The molecule has 1 saturated carbocycles. The highest BCUT2D eigenvalue weighted by molar-refractivity contribution is 6.30. The number of halogens is 1. The minimum absolute atomic E-state index is 0.110. The van der Waals surface area contributed by atoms with Crippen LogP contribution >= 0.6 is 11.6 Å². The highest BCUT2D eigenvalue weighted by Crippen LogP contribution is 2.46. The van der Waals surface area contributed by atoms with E-state index in [4.69, 9.17) is 17.3 Å². The molecule has 8 heteroatoms. The van der Waals surface area contributed by atoms with Crippen molar-refractivity contribution in [1.29, 1.82) is 0 Å². The van der Waals surface area contributed by atoms with Gasteiger partial charge in [-0.1, -0.05) is 67.3 Å². The van der Waals surface area contributed by atoms with Crippen LogP contribution in [0.5, 0.6) is 0 Å². The largest absolute Gasteiger partial charge is 0.351 e. The molecule has 7 nitrogen and oxygen atoms in total. The van der Waals surface area contributed by atoms with Crippen LogP contribution in [0.2, 0.25) is 5.02 Å². The molecule has 5 rings (SSSR count). The molecule has 45 heavy (non-hydrogen) atoms. The molecule has 0 aromatic heterocycles. The molecule has 3 atom stereocenters. The number of rotatable bonds is 7. The van der Waals surface area contributed by atoms with Crippen LogP contribution in [0.15, 0.2) is 48.5 Å². The average molecular weight is 635 g/mol. The van der Waals surface area contributed by atoms with Crippen LogP contribution in [0.25, 0.3) is 0 Å². The molecule has 2 fully saturated rings. The fourth-order valence-electron chi connectivity index (χ4n) is 8.07. The van der Waals surface area contributed by atoms with Crippen LogP contribution in [0.4, 0.5) is 0 Å². The fourth-order valence-corrected chi connectivity index (χ4v) is 8.20. The van der Waals surface area contributed by atoms with Crippen LogP contribution in [0, 0.1) is 17.3 Å². The Morgan fingerprint density at radius 2 is 1.62 bits per heavy atom. The standard InChI is InChI=1S/C37H51ClN4O3/c1-35(2,3)41-34(45)37(27-11-6-5-7-12-27)20-22-42(23-21-37)33(44)31(24-25-14-17-28(38)18-15-25)40-32(43)30-19-16-26-10-8-9-13-29(26)36(30,4)39/h8-10,13-15,17-18,27,30-31H,5-7,11-12,16,19-24,39H2,1-4H3,(H,40,43)(H,41,45)/t30?,31-,36+/m1/s1. The van der Waals surface area contributed by atoms with Crippen LogP contribution < -0.4 is 16.4 Å². The first-order chi connectivity index (χ1) is 21.3. The van der Waals surface area contributed by atoms with Gasteiger partial charge in [-0.25, -0.2) is 0 Å². The Morgan fingerprint density at radius 3 is 2.27 bits per heavy atom. The predicted octanol–water partition coefficient (Wildman–Crippen LogP) is 5.91. The van der Waals surface area contributed by atoms with Gasteiger partial charge in [-0.15, -0.1) is 0 Å². The number of nitrogens with one attached hydrogen (secondary N) is 2. The number of fused-ring (bicyclic) bond motifs is 1. The Kier molecular flexibility index (Phi) is 10.0. The van der Waals surface area contributed by atoms with E-state index in [1.54, 1.807) is 0 Å². The van der Waals surface area contributed by atoms with E-state index in [1.165, 1.54) is 12.0 Å². The van der Waals surface area contributed by atoms with Crippen molar-refractivity contribution in [2.45, 2.75) is 109 Å². The van der Waals surface area contributed by atoms with Crippen LogP contribution in [-0.2, 0) is 32.8 Å². The zero-order valence-corrected chi connectivity index (χ0v) is 28.2. The molecule has 2 aliphatic carbocycles. The zero-order valence-electron chi connectivity index (χ0n) is 27.5. The summed E-state index contributed by atoms with van der Waals surface area (Å²) in [5.41, 5.74) is 8.29. The van der Waals surface area contributed by atoms with Gasteiger partial charge >= 0.3 is 0 Å². The number of carbonyl (C=O) groups is 3. The Labute approximate surface area is 274 Å². The summed E-state index contributed by atoms with van der Waals surface area (Å²) in [6.45, 7) is 8.98. The van der Waals surface area contributed by atoms with Crippen LogP contribution in [-0.4, -0.2) is 47.3 Å². The van der Waals surface area contributed by atoms with Gasteiger partial charge in [0.05, 0.1) is 16.9 Å². The van der Waals surface area contributed by atoms with Crippen molar-refractivity contribution >= 4 is 29.3 Å². The van der Waals surface area contributed by atoms with Crippen molar-refractivity contribution < 1.29 is 14.4 Å². The quantitative estimate of drug-likeness (QED) is 0.352. The van der Waals surface area contributed by atoms with Crippen LogP contribution in [0.1, 0.15) is 95.8 Å². The van der Waals surface area contributed by atoms with E-state index in [1.807, 2.05) is 75.1 Å². The lowest BCUT2D eigenvalue weighted by molar-refractivity contribution is -0.147. The minimum Gasteiger partial charge on any atom is -0.351 e. The van der Waals surface area contributed by atoms with Gasteiger partial charge in [0.1, 0.15) is 6.04 Å². The lowest BCUT2D eigenvalue weighted by Gasteiger charge is -2.48. The first-order valence-electron chi connectivity index (χ1n) is 16.8. The summed E-state index contributed by atoms with van der Waals surface area (Å²) in [7, 11) is 0.